The number of carbonyl (C=O) groups is 2. The summed E-state index contributed by atoms with van der Waals surface area (Å²) < 4.78 is 0.929. The molecule has 24 heavy (non-hydrogen) atoms. The van der Waals surface area contributed by atoms with Gasteiger partial charge in [-0.1, -0.05) is 22.0 Å². The van der Waals surface area contributed by atoms with Gasteiger partial charge in [-0.25, -0.2) is 0 Å². The second-order valence-electron chi connectivity index (χ2n) is 6.31. The molecule has 0 radical (unpaired) electrons. The van der Waals surface area contributed by atoms with Crippen molar-refractivity contribution in [3.05, 3.63) is 28.7 Å². The van der Waals surface area contributed by atoms with Gasteiger partial charge in [0.15, 0.2) is 0 Å². The molecule has 2 fully saturated rings. The molecule has 2 amide bonds. The van der Waals surface area contributed by atoms with Crippen molar-refractivity contribution < 1.29 is 9.59 Å². The Morgan fingerprint density at radius 3 is 2.88 bits per heavy atom. The molecule has 0 spiro atoms. The molecule has 1 aromatic carbocycles. The highest BCUT2D eigenvalue weighted by molar-refractivity contribution is 9.10. The molecule has 2 aliphatic rings. The molecule has 0 aromatic heterocycles. The van der Waals surface area contributed by atoms with Crippen LogP contribution in [0.3, 0.4) is 0 Å². The van der Waals surface area contributed by atoms with E-state index in [1.165, 1.54) is 0 Å². The Bertz CT molecular complexity index is 613. The molecule has 2 aliphatic heterocycles. The third-order valence-electron chi connectivity index (χ3n) is 4.73. The fourth-order valence-electron chi connectivity index (χ4n) is 3.35. The molecular formula is C17H23BrClN3O2. The second kappa shape index (κ2) is 8.32. The lowest BCUT2D eigenvalue weighted by Gasteiger charge is -2.31. The van der Waals surface area contributed by atoms with Gasteiger partial charge in [-0.05, 0) is 50.9 Å². The Kier molecular flexibility index (Phi) is 6.66. The molecule has 7 heteroatoms. The summed E-state index contributed by atoms with van der Waals surface area (Å²) in [6.45, 7) is 3.66. The van der Waals surface area contributed by atoms with Crippen molar-refractivity contribution in [1.82, 2.24) is 10.6 Å². The number of nitrogens with zero attached hydrogens (tertiary/aromatic N) is 1. The fraction of sp³-hybridized carbons (Fsp3) is 0.529. The number of carbonyl (C=O) groups excluding carboxylic acids is 2. The average Bonchev–Trinajstić information content (AvgIpc) is 2.91. The summed E-state index contributed by atoms with van der Waals surface area (Å²) in [6, 6.07) is 8.00. The van der Waals surface area contributed by atoms with Gasteiger partial charge in [-0.15, -0.1) is 12.4 Å². The van der Waals surface area contributed by atoms with E-state index in [0.29, 0.717) is 13.0 Å². The van der Waals surface area contributed by atoms with Gasteiger partial charge >= 0.3 is 0 Å². The van der Waals surface area contributed by atoms with Gasteiger partial charge in [0.1, 0.15) is 5.92 Å². The smallest absolute Gasteiger partial charge is 0.239 e. The van der Waals surface area contributed by atoms with E-state index in [1.54, 1.807) is 4.90 Å². The third-order valence-corrected chi connectivity index (χ3v) is 5.22. The van der Waals surface area contributed by atoms with E-state index in [9.17, 15) is 9.59 Å². The van der Waals surface area contributed by atoms with Crippen LogP contribution in [-0.4, -0.2) is 37.0 Å². The summed E-state index contributed by atoms with van der Waals surface area (Å²) in [6.07, 6.45) is 2.60. The molecule has 5 nitrogen and oxygen atoms in total. The van der Waals surface area contributed by atoms with Crippen LogP contribution in [0.2, 0.25) is 0 Å². The standard InChI is InChI=1S/C17H22BrN3O2.ClH/c1-11-15(6-3-8-19-11)20-16(22)14-7-9-21(17(14)23)13-5-2-4-12(18)10-13;/h2,4-5,10-11,14-15,19H,3,6-9H2,1H3,(H,20,22);1H. The molecule has 2 heterocycles. The first-order chi connectivity index (χ1) is 11.1. The molecule has 3 rings (SSSR count). The number of hydrogen-bond acceptors (Lipinski definition) is 3. The van der Waals surface area contributed by atoms with Crippen molar-refractivity contribution >= 4 is 45.8 Å². The zero-order valence-corrected chi connectivity index (χ0v) is 16.0. The number of piperidine rings is 1. The van der Waals surface area contributed by atoms with Gasteiger partial charge in [0.25, 0.3) is 0 Å². The topological polar surface area (TPSA) is 61.4 Å². The van der Waals surface area contributed by atoms with Crippen molar-refractivity contribution in [3.63, 3.8) is 0 Å². The predicted molar refractivity (Wildman–Crippen MR) is 100 cm³/mol. The normalized spacial score (nSPS) is 26.8. The second-order valence-corrected chi connectivity index (χ2v) is 7.23. The molecule has 0 bridgehead atoms. The molecular weight excluding hydrogens is 394 g/mol. The van der Waals surface area contributed by atoms with E-state index < -0.39 is 5.92 Å². The minimum absolute atomic E-state index is 0. The van der Waals surface area contributed by atoms with E-state index in [2.05, 4.69) is 33.5 Å². The predicted octanol–water partition coefficient (Wildman–Crippen LogP) is 2.48. The van der Waals surface area contributed by atoms with Crippen LogP contribution in [0.15, 0.2) is 28.7 Å². The summed E-state index contributed by atoms with van der Waals surface area (Å²) in [5.74, 6) is -0.798. The lowest BCUT2D eigenvalue weighted by atomic mass is 9.98. The largest absolute Gasteiger partial charge is 0.351 e. The Hall–Kier alpha value is -1.11. The monoisotopic (exact) mass is 415 g/mol. The molecule has 132 valence electrons. The minimum Gasteiger partial charge on any atom is -0.351 e. The highest BCUT2D eigenvalue weighted by Gasteiger charge is 2.38. The maximum Gasteiger partial charge on any atom is 0.239 e. The number of halogens is 2. The first-order valence-corrected chi connectivity index (χ1v) is 8.96. The van der Waals surface area contributed by atoms with Crippen LogP contribution in [0.5, 0.6) is 0 Å². The molecule has 1 aromatic rings. The Labute approximate surface area is 157 Å². The summed E-state index contributed by atoms with van der Waals surface area (Å²) in [7, 11) is 0. The third kappa shape index (κ3) is 4.10. The van der Waals surface area contributed by atoms with E-state index >= 15 is 0 Å². The number of rotatable bonds is 3. The van der Waals surface area contributed by atoms with E-state index in [1.807, 2.05) is 24.3 Å². The Balaban J connectivity index is 0.00000208. The van der Waals surface area contributed by atoms with Crippen LogP contribution >= 0.6 is 28.3 Å². The first kappa shape index (κ1) is 19.2. The summed E-state index contributed by atoms with van der Waals surface area (Å²) in [5.41, 5.74) is 0.840. The van der Waals surface area contributed by atoms with Crippen molar-refractivity contribution in [3.8, 4) is 0 Å². The lowest BCUT2D eigenvalue weighted by molar-refractivity contribution is -0.132. The number of benzene rings is 1. The van der Waals surface area contributed by atoms with E-state index in [0.717, 1.165) is 29.5 Å². The Morgan fingerprint density at radius 1 is 1.38 bits per heavy atom. The number of nitrogens with one attached hydrogen (secondary N) is 2. The molecule has 2 saturated heterocycles. The van der Waals surface area contributed by atoms with Crippen molar-refractivity contribution in [1.29, 1.82) is 0 Å². The van der Waals surface area contributed by atoms with Gasteiger partial charge in [-0.2, -0.15) is 0 Å². The highest BCUT2D eigenvalue weighted by Crippen LogP contribution is 2.27. The number of hydrogen-bond donors (Lipinski definition) is 2. The van der Waals surface area contributed by atoms with Crippen molar-refractivity contribution in [2.45, 2.75) is 38.3 Å². The Morgan fingerprint density at radius 2 is 2.17 bits per heavy atom. The minimum atomic E-state index is -0.567. The van der Waals surface area contributed by atoms with Crippen LogP contribution in [0.25, 0.3) is 0 Å². The van der Waals surface area contributed by atoms with Crippen LogP contribution in [0.4, 0.5) is 5.69 Å². The van der Waals surface area contributed by atoms with Gasteiger partial charge in [0, 0.05) is 28.8 Å². The molecule has 3 unspecified atom stereocenters. The van der Waals surface area contributed by atoms with Crippen molar-refractivity contribution in [2.75, 3.05) is 18.0 Å². The van der Waals surface area contributed by atoms with Crippen LogP contribution in [0.1, 0.15) is 26.2 Å². The van der Waals surface area contributed by atoms with Crippen LogP contribution < -0.4 is 15.5 Å². The SMILES string of the molecule is CC1NCCCC1NC(=O)C1CCN(c2cccc(Br)c2)C1=O.Cl. The van der Waals surface area contributed by atoms with Gasteiger partial charge in [0.2, 0.25) is 11.8 Å². The van der Waals surface area contributed by atoms with E-state index in [4.69, 9.17) is 0 Å². The molecule has 3 atom stereocenters. The van der Waals surface area contributed by atoms with Gasteiger partial charge < -0.3 is 15.5 Å². The van der Waals surface area contributed by atoms with Gasteiger partial charge in [-0.3, -0.25) is 9.59 Å². The fourth-order valence-corrected chi connectivity index (χ4v) is 3.74. The zero-order chi connectivity index (χ0) is 16.4. The van der Waals surface area contributed by atoms with Crippen LogP contribution in [0, 0.1) is 5.92 Å². The first-order valence-electron chi connectivity index (χ1n) is 8.17. The van der Waals surface area contributed by atoms with E-state index in [-0.39, 0.29) is 36.3 Å². The highest BCUT2D eigenvalue weighted by atomic mass is 79.9. The number of anilines is 1. The summed E-state index contributed by atoms with van der Waals surface area (Å²) in [4.78, 5) is 26.8. The zero-order valence-electron chi connectivity index (χ0n) is 13.6. The van der Waals surface area contributed by atoms with Gasteiger partial charge in [0.05, 0.1) is 0 Å². The molecule has 0 saturated carbocycles. The lowest BCUT2D eigenvalue weighted by Crippen LogP contribution is -2.53. The summed E-state index contributed by atoms with van der Waals surface area (Å²) >= 11 is 3.42. The number of amides is 2. The average molecular weight is 417 g/mol. The molecule has 2 N–H and O–H groups in total. The van der Waals surface area contributed by atoms with Crippen LogP contribution in [-0.2, 0) is 9.59 Å². The maximum atomic E-state index is 12.6. The van der Waals surface area contributed by atoms with Crippen molar-refractivity contribution in [2.24, 2.45) is 5.92 Å². The molecule has 0 aliphatic carbocycles. The maximum absolute atomic E-state index is 12.6. The summed E-state index contributed by atoms with van der Waals surface area (Å²) in [5, 5.41) is 6.43. The quantitative estimate of drug-likeness (QED) is 0.744.